The number of aliphatic imine (C=N–C) groups is 1. The molecule has 0 aromatic rings. The van der Waals surface area contributed by atoms with E-state index in [4.69, 9.17) is 0 Å². The van der Waals surface area contributed by atoms with Crippen molar-refractivity contribution in [1.82, 2.24) is 14.7 Å². The molecule has 88 valence electrons. The number of nitrogens with zero attached hydrogens (tertiary/aromatic N) is 4. The number of carbonyl (C=O) groups excluding carboxylic acids is 2. The lowest BCUT2D eigenvalue weighted by Crippen LogP contribution is -2.63. The van der Waals surface area contributed by atoms with Crippen molar-refractivity contribution in [1.29, 1.82) is 0 Å². The van der Waals surface area contributed by atoms with Crippen LogP contribution < -0.4 is 0 Å². The summed E-state index contributed by atoms with van der Waals surface area (Å²) < 4.78 is 0. The minimum absolute atomic E-state index is 0.168. The third-order valence-corrected chi connectivity index (χ3v) is 3.06. The van der Waals surface area contributed by atoms with Crippen LogP contribution in [0.5, 0.6) is 0 Å². The zero-order chi connectivity index (χ0) is 11.9. The Kier molecular flexibility index (Phi) is 2.57. The molecular weight excluding hydrogens is 208 g/mol. The summed E-state index contributed by atoms with van der Waals surface area (Å²) in [6.07, 6.45) is 2.27. The largest absolute Gasteiger partial charge is 0.347 e. The van der Waals surface area contributed by atoms with Gasteiger partial charge in [0.25, 0.3) is 5.91 Å². The summed E-state index contributed by atoms with van der Waals surface area (Å²) in [5.41, 5.74) is 0. The van der Waals surface area contributed by atoms with Gasteiger partial charge in [-0.1, -0.05) is 6.92 Å². The average molecular weight is 224 g/mol. The Morgan fingerprint density at radius 3 is 2.69 bits per heavy atom. The van der Waals surface area contributed by atoms with Crippen molar-refractivity contribution in [2.75, 3.05) is 20.6 Å². The molecule has 0 N–H and O–H groups in total. The molecule has 0 saturated carbocycles. The van der Waals surface area contributed by atoms with Crippen LogP contribution in [-0.2, 0) is 4.79 Å². The monoisotopic (exact) mass is 224 g/mol. The fourth-order valence-corrected chi connectivity index (χ4v) is 2.16. The molecule has 2 rings (SSSR count). The van der Waals surface area contributed by atoms with Crippen LogP contribution in [0, 0.1) is 0 Å². The maximum Gasteiger partial charge on any atom is 0.328 e. The summed E-state index contributed by atoms with van der Waals surface area (Å²) in [6.45, 7) is 2.83. The number of likely N-dealkylation sites (N-methyl/N-ethyl adjacent to an activating group) is 2. The Hall–Kier alpha value is -1.59. The highest BCUT2D eigenvalue weighted by Gasteiger charge is 2.47. The molecule has 0 bridgehead atoms. The first-order valence-corrected chi connectivity index (χ1v) is 5.41. The first kappa shape index (κ1) is 10.9. The van der Waals surface area contributed by atoms with Gasteiger partial charge in [-0.05, 0) is 6.42 Å². The molecule has 0 spiro atoms. The molecule has 0 aromatic carbocycles. The van der Waals surface area contributed by atoms with Crippen molar-refractivity contribution in [3.8, 4) is 0 Å². The quantitative estimate of drug-likeness (QED) is 0.661. The number of hydrogen-bond donors (Lipinski definition) is 0. The van der Waals surface area contributed by atoms with E-state index >= 15 is 0 Å². The molecule has 16 heavy (non-hydrogen) atoms. The van der Waals surface area contributed by atoms with Gasteiger partial charge in [0.05, 0.1) is 6.34 Å². The molecule has 1 saturated heterocycles. The number of urea groups is 1. The Balaban J connectivity index is 2.26. The second kappa shape index (κ2) is 3.77. The van der Waals surface area contributed by atoms with Crippen molar-refractivity contribution < 1.29 is 9.59 Å². The minimum atomic E-state index is -0.359. The van der Waals surface area contributed by atoms with Crippen LogP contribution >= 0.6 is 0 Å². The minimum Gasteiger partial charge on any atom is -0.347 e. The standard InChI is InChI=1S/C10H16N4O2/c1-4-5-14-6-11-8-7(14)9(15)13(3)10(16)12(8)2/h6-8H,4-5H2,1-3H3. The normalized spacial score (nSPS) is 29.1. The van der Waals surface area contributed by atoms with Crippen LogP contribution in [0.3, 0.4) is 0 Å². The van der Waals surface area contributed by atoms with Crippen LogP contribution in [0.4, 0.5) is 4.79 Å². The van der Waals surface area contributed by atoms with Crippen LogP contribution in [0.1, 0.15) is 13.3 Å². The van der Waals surface area contributed by atoms with Gasteiger partial charge in [0.1, 0.15) is 0 Å². The second-order valence-electron chi connectivity index (χ2n) is 4.15. The molecule has 2 aliphatic heterocycles. The SMILES string of the molecule is CCCN1C=NC2C1C(=O)N(C)C(=O)N2C. The van der Waals surface area contributed by atoms with Gasteiger partial charge in [-0.25, -0.2) is 9.79 Å². The predicted octanol–water partition coefficient (Wildman–Crippen LogP) is -0.0412. The van der Waals surface area contributed by atoms with Gasteiger partial charge in [-0.2, -0.15) is 0 Å². The smallest absolute Gasteiger partial charge is 0.328 e. The summed E-state index contributed by atoms with van der Waals surface area (Å²) >= 11 is 0. The maximum absolute atomic E-state index is 12.0. The molecule has 0 aromatic heterocycles. The van der Waals surface area contributed by atoms with E-state index in [0.29, 0.717) is 0 Å². The van der Waals surface area contributed by atoms with Crippen molar-refractivity contribution in [3.05, 3.63) is 0 Å². The van der Waals surface area contributed by atoms with Gasteiger partial charge in [0.15, 0.2) is 12.2 Å². The molecule has 2 atom stereocenters. The number of rotatable bonds is 2. The fourth-order valence-electron chi connectivity index (χ4n) is 2.16. The lowest BCUT2D eigenvalue weighted by Gasteiger charge is -2.39. The Bertz CT molecular complexity index is 355. The maximum atomic E-state index is 12.0. The molecule has 0 aliphatic carbocycles. The number of imide groups is 1. The number of hydrogen-bond acceptors (Lipinski definition) is 4. The summed E-state index contributed by atoms with van der Waals surface area (Å²) in [4.78, 5) is 32.5. The molecule has 3 amide bonds. The summed E-state index contributed by atoms with van der Waals surface area (Å²) in [6, 6.07) is -0.630. The van der Waals surface area contributed by atoms with Gasteiger partial charge < -0.3 is 9.80 Å². The molecule has 2 heterocycles. The molecule has 2 unspecified atom stereocenters. The van der Waals surface area contributed by atoms with E-state index < -0.39 is 0 Å². The van der Waals surface area contributed by atoms with Crippen LogP contribution in [-0.4, -0.2) is 65.8 Å². The van der Waals surface area contributed by atoms with Crippen molar-refractivity contribution in [2.45, 2.75) is 25.6 Å². The van der Waals surface area contributed by atoms with E-state index in [1.807, 2.05) is 11.8 Å². The first-order valence-electron chi connectivity index (χ1n) is 5.41. The average Bonchev–Trinajstić information content (AvgIpc) is 2.68. The first-order chi connectivity index (χ1) is 7.57. The van der Waals surface area contributed by atoms with E-state index in [9.17, 15) is 9.59 Å². The molecule has 2 aliphatic rings. The van der Waals surface area contributed by atoms with E-state index in [2.05, 4.69) is 4.99 Å². The highest BCUT2D eigenvalue weighted by Crippen LogP contribution is 2.24. The van der Waals surface area contributed by atoms with E-state index in [1.54, 1.807) is 13.4 Å². The van der Waals surface area contributed by atoms with E-state index in [0.717, 1.165) is 13.0 Å². The van der Waals surface area contributed by atoms with Gasteiger partial charge in [0, 0.05) is 20.6 Å². The second-order valence-corrected chi connectivity index (χ2v) is 4.15. The topological polar surface area (TPSA) is 56.2 Å². The van der Waals surface area contributed by atoms with Crippen LogP contribution in [0.2, 0.25) is 0 Å². The highest BCUT2D eigenvalue weighted by atomic mass is 16.2. The molecule has 6 heteroatoms. The number of amides is 3. The lowest BCUT2D eigenvalue weighted by atomic mass is 10.1. The van der Waals surface area contributed by atoms with Crippen LogP contribution in [0.25, 0.3) is 0 Å². The lowest BCUT2D eigenvalue weighted by molar-refractivity contribution is -0.136. The molecular formula is C10H16N4O2. The van der Waals surface area contributed by atoms with Gasteiger partial charge in [-0.3, -0.25) is 9.69 Å². The van der Waals surface area contributed by atoms with Gasteiger partial charge >= 0.3 is 6.03 Å². The summed E-state index contributed by atoms with van der Waals surface area (Å²) in [5.74, 6) is -0.168. The Morgan fingerprint density at radius 1 is 1.38 bits per heavy atom. The molecule has 1 fully saturated rings. The number of carbonyl (C=O) groups is 2. The zero-order valence-corrected chi connectivity index (χ0v) is 9.75. The summed E-state index contributed by atoms with van der Waals surface area (Å²) in [7, 11) is 3.19. The van der Waals surface area contributed by atoms with Gasteiger partial charge in [-0.15, -0.1) is 0 Å². The molecule has 6 nitrogen and oxygen atoms in total. The van der Waals surface area contributed by atoms with E-state index in [1.165, 1.54) is 16.8 Å². The highest BCUT2D eigenvalue weighted by molar-refractivity contribution is 6.01. The predicted molar refractivity (Wildman–Crippen MR) is 59.0 cm³/mol. The Morgan fingerprint density at radius 2 is 2.06 bits per heavy atom. The summed E-state index contributed by atoms with van der Waals surface area (Å²) in [5, 5.41) is 0. The van der Waals surface area contributed by atoms with Crippen molar-refractivity contribution in [2.24, 2.45) is 4.99 Å². The van der Waals surface area contributed by atoms with Gasteiger partial charge in [0.2, 0.25) is 0 Å². The Labute approximate surface area is 94.5 Å². The van der Waals surface area contributed by atoms with E-state index in [-0.39, 0.29) is 24.1 Å². The fraction of sp³-hybridized carbons (Fsp3) is 0.700. The van der Waals surface area contributed by atoms with Crippen molar-refractivity contribution >= 4 is 18.3 Å². The zero-order valence-electron chi connectivity index (χ0n) is 9.75. The van der Waals surface area contributed by atoms with Crippen LogP contribution in [0.15, 0.2) is 4.99 Å². The third kappa shape index (κ3) is 1.36. The molecule has 0 radical (unpaired) electrons. The van der Waals surface area contributed by atoms with Crippen molar-refractivity contribution in [3.63, 3.8) is 0 Å². The third-order valence-electron chi connectivity index (χ3n) is 3.06. The number of fused-ring (bicyclic) bond motifs is 1.